The second-order valence-electron chi connectivity index (χ2n) is 9.52. The van der Waals surface area contributed by atoms with Crippen LogP contribution in [0.25, 0.3) is 10.4 Å². The highest BCUT2D eigenvalue weighted by Gasteiger charge is 2.57. The van der Waals surface area contributed by atoms with Crippen molar-refractivity contribution in [2.45, 2.75) is 43.3 Å². The molecule has 2 aliphatic heterocycles. The van der Waals surface area contributed by atoms with Crippen molar-refractivity contribution >= 4 is 38.1 Å². The van der Waals surface area contributed by atoms with E-state index in [1.54, 1.807) is 22.4 Å². The summed E-state index contributed by atoms with van der Waals surface area (Å²) in [4.78, 5) is 18.1. The van der Waals surface area contributed by atoms with Crippen LogP contribution in [0.1, 0.15) is 30.4 Å². The van der Waals surface area contributed by atoms with E-state index in [1.807, 2.05) is 0 Å². The van der Waals surface area contributed by atoms with Crippen LogP contribution in [-0.4, -0.2) is 36.2 Å². The van der Waals surface area contributed by atoms with Crippen LogP contribution in [0.3, 0.4) is 0 Å². The lowest BCUT2D eigenvalue weighted by atomic mass is 9.77. The van der Waals surface area contributed by atoms with Crippen molar-refractivity contribution in [3.63, 3.8) is 0 Å². The van der Waals surface area contributed by atoms with Gasteiger partial charge in [0.1, 0.15) is 27.0 Å². The number of amides is 1. The highest BCUT2D eigenvalue weighted by Crippen LogP contribution is 2.55. The average molecular weight is 529 g/mol. The third kappa shape index (κ3) is 3.49. The van der Waals surface area contributed by atoms with E-state index >= 15 is 0 Å². The summed E-state index contributed by atoms with van der Waals surface area (Å²) in [7, 11) is -4.22. The van der Waals surface area contributed by atoms with Crippen LogP contribution in [-0.2, 0) is 27.9 Å². The number of hydrogen-bond donors (Lipinski definition) is 2. The van der Waals surface area contributed by atoms with Crippen molar-refractivity contribution in [2.24, 2.45) is 27.3 Å². The number of halogens is 1. The Labute approximate surface area is 209 Å². The van der Waals surface area contributed by atoms with E-state index < -0.39 is 15.9 Å². The van der Waals surface area contributed by atoms with Crippen molar-refractivity contribution in [1.29, 1.82) is 0 Å². The summed E-state index contributed by atoms with van der Waals surface area (Å²) < 4.78 is 43.6. The van der Waals surface area contributed by atoms with E-state index in [-0.39, 0.29) is 69.8 Å². The van der Waals surface area contributed by atoms with Crippen molar-refractivity contribution in [3.05, 3.63) is 68.4 Å². The van der Waals surface area contributed by atoms with Crippen LogP contribution < -0.4 is 5.32 Å². The van der Waals surface area contributed by atoms with Crippen LogP contribution >= 0.6 is 11.3 Å². The lowest BCUT2D eigenvalue weighted by molar-refractivity contribution is -0.134. The van der Waals surface area contributed by atoms with E-state index in [0.29, 0.717) is 5.56 Å². The molecule has 0 spiro atoms. The standard InChI is InChI=1S/C23H21FN6O4S2/c24-15-5-1-11(2-6-15)9-30-18-13-4-3-12(7-13)16(18)19(31)17(23(30)32)21-27-22-20(36(33,34)28-21)14(10-35-22)8-26-29-25/h1-2,5-6,10,12-13,16,18,31H,3-4,7-9H2,(H,27,28)/t12-,13+,16?,18?/m0/s1. The Bertz CT molecular complexity index is 1490. The van der Waals surface area contributed by atoms with Crippen molar-refractivity contribution in [2.75, 3.05) is 5.32 Å². The number of amidine groups is 1. The summed E-state index contributed by atoms with van der Waals surface area (Å²) in [5, 5.41) is 19.5. The Kier molecular flexibility index (Phi) is 5.32. The van der Waals surface area contributed by atoms with Crippen LogP contribution in [0.15, 0.2) is 55.4 Å². The third-order valence-corrected chi connectivity index (χ3v) is 10.1. The first-order chi connectivity index (χ1) is 17.3. The van der Waals surface area contributed by atoms with E-state index in [1.165, 1.54) is 12.1 Å². The summed E-state index contributed by atoms with van der Waals surface area (Å²) in [6, 6.07) is 5.70. The molecule has 2 aliphatic carbocycles. The molecule has 0 saturated heterocycles. The highest BCUT2D eigenvalue weighted by atomic mass is 32.2. The Hall–Kier alpha value is -3.41. The van der Waals surface area contributed by atoms with Gasteiger partial charge < -0.3 is 15.3 Å². The molecule has 4 aliphatic rings. The summed E-state index contributed by atoms with van der Waals surface area (Å²) in [5.74, 6) is -1.11. The Morgan fingerprint density at radius 3 is 2.78 bits per heavy atom. The number of anilines is 1. The maximum atomic E-state index is 13.9. The molecule has 2 saturated carbocycles. The van der Waals surface area contributed by atoms with E-state index in [2.05, 4.69) is 19.7 Å². The second kappa shape index (κ2) is 8.32. The molecule has 2 N–H and O–H groups in total. The largest absolute Gasteiger partial charge is 0.511 e. The number of rotatable bonds is 5. The number of aliphatic hydroxyl groups excluding tert-OH is 1. The van der Waals surface area contributed by atoms with Gasteiger partial charge in [0.2, 0.25) is 0 Å². The van der Waals surface area contributed by atoms with Crippen LogP contribution in [0.5, 0.6) is 0 Å². The molecule has 3 heterocycles. The molecule has 2 fully saturated rings. The molecule has 0 radical (unpaired) electrons. The van der Waals surface area contributed by atoms with Gasteiger partial charge in [-0.3, -0.25) is 4.79 Å². The SMILES string of the molecule is [N-]=[N+]=NCc1csc2c1S(=O)(=O)N=C(C1=C(O)C3C([C@@H]4CC[C@H]3C4)N(Cc3ccc(F)cc3)C1=O)N2. The molecule has 1 amide bonds. The minimum Gasteiger partial charge on any atom is -0.511 e. The summed E-state index contributed by atoms with van der Waals surface area (Å²) in [6.45, 7) is 0.0557. The van der Waals surface area contributed by atoms with Crippen LogP contribution in [0, 0.1) is 23.6 Å². The molecule has 1 aromatic carbocycles. The molecule has 36 heavy (non-hydrogen) atoms. The molecule has 2 aromatic rings. The van der Waals surface area contributed by atoms with E-state index in [0.717, 1.165) is 36.2 Å². The zero-order valence-electron chi connectivity index (χ0n) is 18.8. The van der Waals surface area contributed by atoms with Gasteiger partial charge in [0.25, 0.3) is 15.9 Å². The number of carbonyl (C=O) groups is 1. The van der Waals surface area contributed by atoms with E-state index in [4.69, 9.17) is 5.53 Å². The first-order valence-corrected chi connectivity index (χ1v) is 13.8. The number of nitrogens with one attached hydrogen (secondary N) is 1. The maximum absolute atomic E-state index is 13.9. The van der Waals surface area contributed by atoms with Gasteiger partial charge in [-0.25, -0.2) is 4.39 Å². The van der Waals surface area contributed by atoms with Gasteiger partial charge in [-0.2, -0.15) is 8.42 Å². The fraction of sp³-hybridized carbons (Fsp3) is 0.391. The third-order valence-electron chi connectivity index (χ3n) is 7.60. The number of azide groups is 1. The normalized spacial score (nSPS) is 27.8. The smallest absolute Gasteiger partial charge is 0.287 e. The number of nitrogens with zero attached hydrogens (tertiary/aromatic N) is 5. The monoisotopic (exact) mass is 528 g/mol. The number of thiophene rings is 1. The minimum atomic E-state index is -4.22. The molecule has 186 valence electrons. The number of sulfonamides is 1. The predicted octanol–water partition coefficient (Wildman–Crippen LogP) is 4.48. The van der Waals surface area contributed by atoms with Gasteiger partial charge in [0, 0.05) is 23.4 Å². The first kappa shape index (κ1) is 23.0. The summed E-state index contributed by atoms with van der Waals surface area (Å²) in [6.07, 6.45) is 2.77. The molecule has 2 unspecified atom stereocenters. The molecular weight excluding hydrogens is 507 g/mol. The number of fused-ring (bicyclic) bond motifs is 6. The fourth-order valence-corrected chi connectivity index (χ4v) is 8.80. The van der Waals surface area contributed by atoms with Gasteiger partial charge in [-0.05, 0) is 65.3 Å². The van der Waals surface area contributed by atoms with Crippen LogP contribution in [0.2, 0.25) is 0 Å². The lowest BCUT2D eigenvalue weighted by Gasteiger charge is -2.44. The number of hydrogen-bond acceptors (Lipinski definition) is 7. The van der Waals surface area contributed by atoms with Crippen molar-refractivity contribution in [3.8, 4) is 0 Å². The zero-order valence-corrected chi connectivity index (χ0v) is 20.5. The highest BCUT2D eigenvalue weighted by molar-refractivity contribution is 7.90. The number of aliphatic hydroxyl groups is 1. The minimum absolute atomic E-state index is 0.0898. The van der Waals surface area contributed by atoms with Crippen molar-refractivity contribution in [1.82, 2.24) is 4.90 Å². The Morgan fingerprint density at radius 1 is 1.28 bits per heavy atom. The number of carbonyl (C=O) groups excluding carboxylic acids is 1. The molecule has 4 atom stereocenters. The predicted molar refractivity (Wildman–Crippen MR) is 130 cm³/mol. The zero-order chi connectivity index (χ0) is 25.2. The summed E-state index contributed by atoms with van der Waals surface area (Å²) in [5.41, 5.74) is 9.51. The number of benzene rings is 1. The molecule has 10 nitrogen and oxygen atoms in total. The van der Waals surface area contributed by atoms with Gasteiger partial charge in [-0.1, -0.05) is 17.2 Å². The van der Waals surface area contributed by atoms with Crippen LogP contribution in [0.4, 0.5) is 9.39 Å². The molecular formula is C23H21FN6O4S2. The van der Waals surface area contributed by atoms with Gasteiger partial charge in [0.05, 0.1) is 6.54 Å². The quantitative estimate of drug-likeness (QED) is 0.334. The molecule has 1 aromatic heterocycles. The average Bonchev–Trinajstić information content (AvgIpc) is 3.56. The second-order valence-corrected chi connectivity index (χ2v) is 11.9. The Morgan fingerprint density at radius 2 is 2.03 bits per heavy atom. The van der Waals surface area contributed by atoms with Gasteiger partial charge in [-0.15, -0.1) is 15.7 Å². The molecule has 2 bridgehead atoms. The maximum Gasteiger partial charge on any atom is 0.287 e. The van der Waals surface area contributed by atoms with Gasteiger partial charge >= 0.3 is 0 Å². The molecule has 6 rings (SSSR count). The van der Waals surface area contributed by atoms with Crippen molar-refractivity contribution < 1.29 is 22.7 Å². The fourth-order valence-electron chi connectivity index (χ4n) is 6.21. The lowest BCUT2D eigenvalue weighted by Crippen LogP contribution is -2.53. The van der Waals surface area contributed by atoms with Gasteiger partial charge in [0.15, 0.2) is 5.84 Å². The van der Waals surface area contributed by atoms with E-state index in [9.17, 15) is 22.7 Å². The Balaban J connectivity index is 1.42. The molecule has 13 heteroatoms. The topological polar surface area (TPSA) is 148 Å². The summed E-state index contributed by atoms with van der Waals surface area (Å²) >= 11 is 1.09. The first-order valence-electron chi connectivity index (χ1n) is 11.5.